The zero-order valence-corrected chi connectivity index (χ0v) is 11.3. The summed E-state index contributed by atoms with van der Waals surface area (Å²) in [6.07, 6.45) is 0. The van der Waals surface area contributed by atoms with Gasteiger partial charge in [-0.05, 0) is 18.1 Å². The highest BCUT2D eigenvalue weighted by atomic mass is 16.5. The number of ether oxygens (including phenoxy) is 2. The van der Waals surface area contributed by atoms with Gasteiger partial charge in [0.1, 0.15) is 6.61 Å². The number of hydrogen-bond donors (Lipinski definition) is 1. The first-order valence-electron chi connectivity index (χ1n) is 6.39. The van der Waals surface area contributed by atoms with E-state index in [9.17, 15) is 0 Å². The van der Waals surface area contributed by atoms with Crippen molar-refractivity contribution >= 4 is 16.9 Å². The third-order valence-electron chi connectivity index (χ3n) is 2.50. The van der Waals surface area contributed by atoms with Crippen molar-refractivity contribution in [1.82, 2.24) is 9.97 Å². The summed E-state index contributed by atoms with van der Waals surface area (Å²) in [6, 6.07) is 7.63. The van der Waals surface area contributed by atoms with Gasteiger partial charge in [0.05, 0.1) is 17.5 Å². The van der Waals surface area contributed by atoms with E-state index in [0.29, 0.717) is 25.0 Å². The average molecular weight is 261 g/mol. The van der Waals surface area contributed by atoms with Crippen LogP contribution in [0.4, 0.5) is 5.95 Å². The Bertz CT molecular complexity index is 543. The van der Waals surface area contributed by atoms with Crippen LogP contribution in [0.15, 0.2) is 24.3 Å². The summed E-state index contributed by atoms with van der Waals surface area (Å²) < 4.78 is 11.1. The lowest BCUT2D eigenvalue weighted by Crippen LogP contribution is -2.11. The molecule has 1 heterocycles. The lowest BCUT2D eigenvalue weighted by atomic mass is 10.2. The largest absolute Gasteiger partial charge is 0.475 e. The molecule has 0 amide bonds. The number of nitrogen functional groups attached to an aromatic ring is 1. The zero-order valence-electron chi connectivity index (χ0n) is 11.3. The molecule has 0 unspecified atom stereocenters. The van der Waals surface area contributed by atoms with Crippen LogP contribution >= 0.6 is 0 Å². The number of benzene rings is 1. The number of fused-ring (bicyclic) bond motifs is 1. The number of para-hydroxylation sites is 1. The molecular formula is C14H19N3O2. The Kier molecular flexibility index (Phi) is 4.52. The second kappa shape index (κ2) is 6.33. The van der Waals surface area contributed by atoms with Gasteiger partial charge >= 0.3 is 0 Å². The molecule has 0 bridgehead atoms. The Morgan fingerprint density at radius 1 is 1.16 bits per heavy atom. The van der Waals surface area contributed by atoms with Crippen LogP contribution in [0.25, 0.3) is 10.9 Å². The summed E-state index contributed by atoms with van der Waals surface area (Å²) in [5.41, 5.74) is 6.45. The Morgan fingerprint density at radius 2 is 1.95 bits per heavy atom. The summed E-state index contributed by atoms with van der Waals surface area (Å²) in [4.78, 5) is 8.28. The van der Waals surface area contributed by atoms with Gasteiger partial charge in [-0.25, -0.2) is 4.98 Å². The lowest BCUT2D eigenvalue weighted by molar-refractivity contribution is 0.0811. The van der Waals surface area contributed by atoms with Crippen LogP contribution in [0.1, 0.15) is 13.8 Å². The smallest absolute Gasteiger partial charge is 0.226 e. The molecule has 1 aromatic heterocycles. The first-order valence-corrected chi connectivity index (χ1v) is 6.39. The van der Waals surface area contributed by atoms with E-state index in [-0.39, 0.29) is 5.95 Å². The van der Waals surface area contributed by atoms with E-state index in [1.165, 1.54) is 0 Å². The molecule has 0 aliphatic carbocycles. The molecule has 102 valence electrons. The molecule has 0 atom stereocenters. The number of aromatic nitrogens is 2. The number of rotatable bonds is 6. The first-order chi connectivity index (χ1) is 9.16. The SMILES string of the molecule is CC(C)COCCOc1nc(N)nc2ccccc12. The highest BCUT2D eigenvalue weighted by Gasteiger charge is 2.06. The fourth-order valence-corrected chi connectivity index (χ4v) is 1.69. The van der Waals surface area contributed by atoms with Crippen molar-refractivity contribution < 1.29 is 9.47 Å². The van der Waals surface area contributed by atoms with E-state index in [0.717, 1.165) is 17.5 Å². The molecule has 5 nitrogen and oxygen atoms in total. The molecule has 2 aromatic rings. The zero-order chi connectivity index (χ0) is 13.7. The van der Waals surface area contributed by atoms with Crippen molar-refractivity contribution in [2.45, 2.75) is 13.8 Å². The topological polar surface area (TPSA) is 70.3 Å². The quantitative estimate of drug-likeness (QED) is 0.808. The fraction of sp³-hybridized carbons (Fsp3) is 0.429. The van der Waals surface area contributed by atoms with Gasteiger partial charge in [-0.15, -0.1) is 0 Å². The van der Waals surface area contributed by atoms with Gasteiger partial charge in [0, 0.05) is 6.61 Å². The van der Waals surface area contributed by atoms with E-state index < -0.39 is 0 Å². The highest BCUT2D eigenvalue weighted by molar-refractivity contribution is 5.84. The molecule has 0 radical (unpaired) electrons. The molecular weight excluding hydrogens is 242 g/mol. The van der Waals surface area contributed by atoms with Crippen LogP contribution in [0, 0.1) is 5.92 Å². The van der Waals surface area contributed by atoms with E-state index in [1.807, 2.05) is 24.3 Å². The third-order valence-corrected chi connectivity index (χ3v) is 2.50. The first kappa shape index (κ1) is 13.5. The normalized spacial score (nSPS) is 11.1. The molecule has 1 aromatic carbocycles. The lowest BCUT2D eigenvalue weighted by Gasteiger charge is -2.10. The average Bonchev–Trinajstić information content (AvgIpc) is 2.37. The van der Waals surface area contributed by atoms with Crippen molar-refractivity contribution in [3.05, 3.63) is 24.3 Å². The van der Waals surface area contributed by atoms with Crippen molar-refractivity contribution in [3.8, 4) is 5.88 Å². The minimum atomic E-state index is 0.219. The molecule has 0 aliphatic heterocycles. The van der Waals surface area contributed by atoms with Crippen LogP contribution in [0.2, 0.25) is 0 Å². The summed E-state index contributed by atoms with van der Waals surface area (Å²) in [7, 11) is 0. The minimum absolute atomic E-state index is 0.219. The Morgan fingerprint density at radius 3 is 2.74 bits per heavy atom. The number of nitrogens with two attached hydrogens (primary N) is 1. The van der Waals surface area contributed by atoms with Crippen molar-refractivity contribution in [3.63, 3.8) is 0 Å². The molecule has 0 saturated heterocycles. The molecule has 0 fully saturated rings. The Balaban J connectivity index is 2.00. The van der Waals surface area contributed by atoms with Gasteiger partial charge in [-0.1, -0.05) is 26.0 Å². The van der Waals surface area contributed by atoms with E-state index in [2.05, 4.69) is 23.8 Å². The number of hydrogen-bond acceptors (Lipinski definition) is 5. The predicted octanol–water partition coefficient (Wildman–Crippen LogP) is 2.26. The van der Waals surface area contributed by atoms with E-state index in [4.69, 9.17) is 15.2 Å². The van der Waals surface area contributed by atoms with Gasteiger partial charge in [0.25, 0.3) is 0 Å². The van der Waals surface area contributed by atoms with Crippen LogP contribution in [-0.2, 0) is 4.74 Å². The van der Waals surface area contributed by atoms with Gasteiger partial charge in [0.2, 0.25) is 11.8 Å². The summed E-state index contributed by atoms with van der Waals surface area (Å²) in [6.45, 7) is 5.94. The molecule has 0 aliphatic rings. The standard InChI is InChI=1S/C14H19N3O2/c1-10(2)9-18-7-8-19-13-11-5-3-4-6-12(11)16-14(15)17-13/h3-6,10H,7-9H2,1-2H3,(H2,15,16,17). The van der Waals surface area contributed by atoms with Crippen molar-refractivity contribution in [2.24, 2.45) is 5.92 Å². The van der Waals surface area contributed by atoms with Gasteiger partial charge in [-0.3, -0.25) is 0 Å². The monoisotopic (exact) mass is 261 g/mol. The molecule has 2 N–H and O–H groups in total. The maximum absolute atomic E-state index is 5.66. The second-order valence-corrected chi connectivity index (χ2v) is 4.72. The Hall–Kier alpha value is -1.88. The van der Waals surface area contributed by atoms with Crippen molar-refractivity contribution in [1.29, 1.82) is 0 Å². The third kappa shape index (κ3) is 3.79. The summed E-state index contributed by atoms with van der Waals surface area (Å²) in [5, 5.41) is 0.862. The van der Waals surface area contributed by atoms with Crippen molar-refractivity contribution in [2.75, 3.05) is 25.6 Å². The maximum atomic E-state index is 5.66. The van der Waals surface area contributed by atoms with Crippen LogP contribution in [0.5, 0.6) is 5.88 Å². The predicted molar refractivity (Wildman–Crippen MR) is 75.1 cm³/mol. The Labute approximate surface area is 112 Å². The van der Waals surface area contributed by atoms with Crippen LogP contribution in [0.3, 0.4) is 0 Å². The van der Waals surface area contributed by atoms with Crippen LogP contribution < -0.4 is 10.5 Å². The molecule has 0 saturated carbocycles. The summed E-state index contributed by atoms with van der Waals surface area (Å²) >= 11 is 0. The second-order valence-electron chi connectivity index (χ2n) is 4.72. The number of nitrogens with zero attached hydrogens (tertiary/aromatic N) is 2. The van der Waals surface area contributed by atoms with Gasteiger partial charge in [0.15, 0.2) is 0 Å². The van der Waals surface area contributed by atoms with Gasteiger partial charge < -0.3 is 15.2 Å². The van der Waals surface area contributed by atoms with Crippen LogP contribution in [-0.4, -0.2) is 29.8 Å². The van der Waals surface area contributed by atoms with Gasteiger partial charge in [-0.2, -0.15) is 4.98 Å². The minimum Gasteiger partial charge on any atom is -0.475 e. The number of anilines is 1. The molecule has 0 spiro atoms. The van der Waals surface area contributed by atoms with E-state index in [1.54, 1.807) is 0 Å². The summed E-state index contributed by atoms with van der Waals surface area (Å²) in [5.74, 6) is 1.25. The van der Waals surface area contributed by atoms with E-state index >= 15 is 0 Å². The highest BCUT2D eigenvalue weighted by Crippen LogP contribution is 2.22. The fourth-order valence-electron chi connectivity index (χ4n) is 1.69. The molecule has 2 rings (SSSR count). The molecule has 5 heteroatoms. The maximum Gasteiger partial charge on any atom is 0.226 e. The molecule has 19 heavy (non-hydrogen) atoms.